The van der Waals surface area contributed by atoms with Crippen molar-refractivity contribution in [3.05, 3.63) is 107 Å². The van der Waals surface area contributed by atoms with E-state index >= 15 is 0 Å². The van der Waals surface area contributed by atoms with Crippen molar-refractivity contribution in [2.45, 2.75) is 37.5 Å². The lowest BCUT2D eigenvalue weighted by Gasteiger charge is -2.21. The molecule has 0 saturated heterocycles. The smallest absolute Gasteiger partial charge is 0.116 e. The Bertz CT molecular complexity index is 1040. The Labute approximate surface area is 178 Å². The summed E-state index contributed by atoms with van der Waals surface area (Å²) in [6, 6.07) is 24.4. The maximum atomic E-state index is 9.89. The van der Waals surface area contributed by atoms with Crippen LogP contribution in [0.25, 0.3) is 0 Å². The molecule has 29 heavy (non-hydrogen) atoms. The molecule has 146 valence electrons. The molecule has 0 bridgehead atoms. The van der Waals surface area contributed by atoms with Gasteiger partial charge in [0.25, 0.3) is 0 Å². The summed E-state index contributed by atoms with van der Waals surface area (Å²) in [5.74, 6) is 6.82. The van der Waals surface area contributed by atoms with Crippen LogP contribution in [0.2, 0.25) is 0 Å². The first kappa shape index (κ1) is 20.8. The minimum atomic E-state index is 0.164. The van der Waals surface area contributed by atoms with Crippen molar-refractivity contribution in [2.75, 3.05) is 0 Å². The third-order valence-electron chi connectivity index (χ3n) is 4.78. The summed E-state index contributed by atoms with van der Waals surface area (Å²) >= 11 is 1.64. The molecule has 3 aromatic rings. The first-order valence-electron chi connectivity index (χ1n) is 9.86. The number of aromatic hydroxyl groups is 1. The van der Waals surface area contributed by atoms with Gasteiger partial charge in [-0.2, -0.15) is 0 Å². The van der Waals surface area contributed by atoms with Crippen LogP contribution in [0, 0.1) is 18.8 Å². The molecule has 0 heterocycles. The van der Waals surface area contributed by atoms with Crippen LogP contribution in [0.4, 0.5) is 0 Å². The van der Waals surface area contributed by atoms with Gasteiger partial charge in [-0.15, -0.1) is 0 Å². The van der Waals surface area contributed by atoms with Crippen LogP contribution in [0.5, 0.6) is 5.75 Å². The fourth-order valence-electron chi connectivity index (χ4n) is 3.22. The van der Waals surface area contributed by atoms with Crippen molar-refractivity contribution in [3.8, 4) is 17.6 Å². The summed E-state index contributed by atoms with van der Waals surface area (Å²) in [5.41, 5.74) is 4.68. The summed E-state index contributed by atoms with van der Waals surface area (Å²) in [6.07, 6.45) is 1.71. The third-order valence-corrected chi connectivity index (χ3v) is 5.99. The maximum Gasteiger partial charge on any atom is 0.116 e. The second kappa shape index (κ2) is 10.0. The van der Waals surface area contributed by atoms with Gasteiger partial charge in [-0.3, -0.25) is 0 Å². The average molecular weight is 399 g/mol. The monoisotopic (exact) mass is 398 g/mol. The Morgan fingerprint density at radius 1 is 1.03 bits per heavy atom. The van der Waals surface area contributed by atoms with Crippen LogP contribution in [0.15, 0.2) is 89.2 Å². The van der Waals surface area contributed by atoms with Crippen molar-refractivity contribution in [3.63, 3.8) is 0 Å². The zero-order valence-electron chi connectivity index (χ0n) is 17.0. The summed E-state index contributed by atoms with van der Waals surface area (Å²) in [4.78, 5) is 2.11. The molecule has 0 fully saturated rings. The molecule has 0 radical (unpaired) electrons. The Kier molecular flexibility index (Phi) is 7.22. The molecular formula is C27H26OS. The number of phenolic OH excluding ortho intramolecular Hbond substituents is 1. The van der Waals surface area contributed by atoms with Gasteiger partial charge in [0.15, 0.2) is 0 Å². The van der Waals surface area contributed by atoms with E-state index in [1.54, 1.807) is 17.8 Å². The molecule has 1 atom stereocenters. The molecule has 0 aromatic heterocycles. The molecule has 0 aliphatic carbocycles. The van der Waals surface area contributed by atoms with Crippen LogP contribution < -0.4 is 0 Å². The second-order valence-electron chi connectivity index (χ2n) is 7.04. The number of allylic oxidation sites excluding steroid dienone is 1. The van der Waals surface area contributed by atoms with Gasteiger partial charge < -0.3 is 5.11 Å². The van der Waals surface area contributed by atoms with Gasteiger partial charge in [0.2, 0.25) is 0 Å². The first-order chi connectivity index (χ1) is 14.1. The largest absolute Gasteiger partial charge is 0.508 e. The number of hydrogen-bond donors (Lipinski definition) is 1. The van der Waals surface area contributed by atoms with E-state index in [4.69, 9.17) is 0 Å². The standard InChI is InChI=1S/C27H26OS/c1-4-5-10-22-11-9-12-23(17-22)18-26(24-13-7-6-8-14-24)21(3)29-27-19-25(28)16-15-20(27)2/h6-9,11-17,19,26,28H,3-4,18H2,1-2H3. The predicted octanol–water partition coefficient (Wildman–Crippen LogP) is 7.09. The average Bonchev–Trinajstić information content (AvgIpc) is 2.74. The van der Waals surface area contributed by atoms with Gasteiger partial charge in [-0.1, -0.05) is 85.6 Å². The van der Waals surface area contributed by atoms with E-state index < -0.39 is 0 Å². The van der Waals surface area contributed by atoms with Crippen molar-refractivity contribution >= 4 is 11.8 Å². The first-order valence-corrected chi connectivity index (χ1v) is 10.7. The molecule has 0 aliphatic rings. The normalized spacial score (nSPS) is 11.4. The quantitative estimate of drug-likeness (QED) is 0.353. The summed E-state index contributed by atoms with van der Waals surface area (Å²) in [5, 5.41) is 9.89. The molecule has 0 amide bonds. The Hall–Kier alpha value is -2.89. The Balaban J connectivity index is 1.89. The lowest BCUT2D eigenvalue weighted by Crippen LogP contribution is -2.05. The highest BCUT2D eigenvalue weighted by molar-refractivity contribution is 8.03. The fourth-order valence-corrected chi connectivity index (χ4v) is 4.27. The van der Waals surface area contributed by atoms with Crippen LogP contribution in [0.1, 0.15) is 41.5 Å². The van der Waals surface area contributed by atoms with E-state index in [1.165, 1.54) is 11.1 Å². The van der Waals surface area contributed by atoms with Gasteiger partial charge >= 0.3 is 0 Å². The zero-order valence-corrected chi connectivity index (χ0v) is 17.8. The number of thioether (sulfide) groups is 1. The van der Waals surface area contributed by atoms with Gasteiger partial charge in [0.1, 0.15) is 5.75 Å². The minimum absolute atomic E-state index is 0.164. The van der Waals surface area contributed by atoms with Crippen LogP contribution in [0.3, 0.4) is 0 Å². The van der Waals surface area contributed by atoms with Gasteiger partial charge in [-0.25, -0.2) is 0 Å². The highest BCUT2D eigenvalue weighted by atomic mass is 32.2. The molecule has 1 nitrogen and oxygen atoms in total. The molecule has 1 unspecified atom stereocenters. The molecule has 3 aromatic carbocycles. The van der Waals surface area contributed by atoms with E-state index in [0.29, 0.717) is 0 Å². The summed E-state index contributed by atoms with van der Waals surface area (Å²) in [7, 11) is 0. The van der Waals surface area contributed by atoms with E-state index in [9.17, 15) is 5.11 Å². The number of rotatable bonds is 6. The Morgan fingerprint density at radius 3 is 2.59 bits per heavy atom. The number of hydrogen-bond acceptors (Lipinski definition) is 2. The van der Waals surface area contributed by atoms with Gasteiger partial charge in [0.05, 0.1) is 0 Å². The highest BCUT2D eigenvalue weighted by Crippen LogP contribution is 2.40. The van der Waals surface area contributed by atoms with Crippen LogP contribution in [-0.2, 0) is 6.42 Å². The molecule has 3 rings (SSSR count). The molecule has 0 saturated carbocycles. The maximum absolute atomic E-state index is 9.89. The number of aryl methyl sites for hydroxylation is 1. The fraction of sp³-hybridized carbons (Fsp3) is 0.185. The van der Waals surface area contributed by atoms with Crippen molar-refractivity contribution in [1.82, 2.24) is 0 Å². The van der Waals surface area contributed by atoms with E-state index in [1.807, 2.05) is 18.2 Å². The van der Waals surface area contributed by atoms with Crippen molar-refractivity contribution in [2.24, 2.45) is 0 Å². The number of phenols is 1. The Morgan fingerprint density at radius 2 is 1.83 bits per heavy atom. The predicted molar refractivity (Wildman–Crippen MR) is 124 cm³/mol. The molecule has 0 aliphatic heterocycles. The molecule has 0 spiro atoms. The van der Waals surface area contributed by atoms with Crippen molar-refractivity contribution < 1.29 is 5.11 Å². The van der Waals surface area contributed by atoms with Crippen LogP contribution >= 0.6 is 11.8 Å². The summed E-state index contributed by atoms with van der Waals surface area (Å²) < 4.78 is 0. The van der Waals surface area contributed by atoms with Gasteiger partial charge in [0, 0.05) is 22.8 Å². The molecular weight excluding hydrogens is 372 g/mol. The SMILES string of the molecule is C=C(Sc1cc(O)ccc1C)C(Cc1cccc(C#CCC)c1)c1ccccc1. The lowest BCUT2D eigenvalue weighted by atomic mass is 9.91. The topological polar surface area (TPSA) is 20.2 Å². The third kappa shape index (κ3) is 5.79. The van der Waals surface area contributed by atoms with Gasteiger partial charge in [-0.05, 0) is 59.2 Å². The van der Waals surface area contributed by atoms with Crippen molar-refractivity contribution in [1.29, 1.82) is 0 Å². The highest BCUT2D eigenvalue weighted by Gasteiger charge is 2.18. The van der Waals surface area contributed by atoms with E-state index in [-0.39, 0.29) is 11.7 Å². The second-order valence-corrected chi connectivity index (χ2v) is 8.21. The van der Waals surface area contributed by atoms with E-state index in [0.717, 1.165) is 33.8 Å². The number of benzene rings is 3. The zero-order chi connectivity index (χ0) is 20.6. The molecule has 2 heteroatoms. The van der Waals surface area contributed by atoms with E-state index in [2.05, 4.69) is 80.8 Å². The molecule has 1 N–H and O–H groups in total. The lowest BCUT2D eigenvalue weighted by molar-refractivity contribution is 0.473. The van der Waals surface area contributed by atoms with Crippen LogP contribution in [-0.4, -0.2) is 5.11 Å². The summed E-state index contributed by atoms with van der Waals surface area (Å²) in [6.45, 7) is 8.54. The minimum Gasteiger partial charge on any atom is -0.508 e.